The van der Waals surface area contributed by atoms with Crippen LogP contribution in [0.5, 0.6) is 5.75 Å². The Morgan fingerprint density at radius 1 is 1.16 bits per heavy atom. The number of aromatic amines is 1. The molecule has 1 saturated heterocycles. The summed E-state index contributed by atoms with van der Waals surface area (Å²) in [5.74, 6) is -3.19. The number of H-pyrrole nitrogens is 1. The van der Waals surface area contributed by atoms with Crippen molar-refractivity contribution in [3.8, 4) is 5.75 Å². The molecule has 3 amide bonds. The van der Waals surface area contributed by atoms with Gasteiger partial charge in [-0.25, -0.2) is 9.78 Å². The molecule has 1 aromatic heterocycles. The highest BCUT2D eigenvalue weighted by Crippen LogP contribution is 2.19. The molecule has 3 rings (SSSR count). The molecular formula is C24H32N6O7. The van der Waals surface area contributed by atoms with E-state index in [0.29, 0.717) is 17.7 Å². The number of aromatic nitrogens is 2. The van der Waals surface area contributed by atoms with Crippen LogP contribution in [0.15, 0.2) is 36.8 Å². The molecule has 5 atom stereocenters. The van der Waals surface area contributed by atoms with Gasteiger partial charge in [-0.05, 0) is 43.9 Å². The van der Waals surface area contributed by atoms with E-state index in [4.69, 9.17) is 5.73 Å². The van der Waals surface area contributed by atoms with Crippen LogP contribution in [-0.2, 0) is 32.0 Å². The zero-order valence-corrected chi connectivity index (χ0v) is 20.3. The van der Waals surface area contributed by atoms with Gasteiger partial charge in [-0.3, -0.25) is 14.4 Å². The Morgan fingerprint density at radius 2 is 1.86 bits per heavy atom. The molecule has 1 aliphatic heterocycles. The average molecular weight is 517 g/mol. The Kier molecular flexibility index (Phi) is 9.20. The van der Waals surface area contributed by atoms with Crippen LogP contribution in [0.1, 0.15) is 31.0 Å². The summed E-state index contributed by atoms with van der Waals surface area (Å²) < 4.78 is 0. The average Bonchev–Trinajstić information content (AvgIpc) is 3.55. The molecule has 0 bridgehead atoms. The second kappa shape index (κ2) is 12.3. The summed E-state index contributed by atoms with van der Waals surface area (Å²) >= 11 is 0. The second-order valence-electron chi connectivity index (χ2n) is 9.07. The molecule has 8 N–H and O–H groups in total. The number of aromatic hydroxyl groups is 1. The molecule has 13 heteroatoms. The third kappa shape index (κ3) is 7.27. The fraction of sp³-hybridized carbons (Fsp3) is 0.458. The Bertz CT molecular complexity index is 1090. The van der Waals surface area contributed by atoms with E-state index < -0.39 is 54.0 Å². The summed E-state index contributed by atoms with van der Waals surface area (Å²) in [6.07, 6.45) is 2.45. The summed E-state index contributed by atoms with van der Waals surface area (Å²) in [6, 6.07) is 1.53. The van der Waals surface area contributed by atoms with Crippen molar-refractivity contribution in [2.45, 2.75) is 62.9 Å². The number of nitrogens with one attached hydrogen (secondary N) is 3. The number of nitrogens with zero attached hydrogens (tertiary/aromatic N) is 2. The number of benzene rings is 1. The van der Waals surface area contributed by atoms with Crippen LogP contribution < -0.4 is 16.4 Å². The second-order valence-corrected chi connectivity index (χ2v) is 9.07. The number of phenolic OH excluding ortho intramolecular Hbond substituents is 1. The van der Waals surface area contributed by atoms with Crippen LogP contribution in [-0.4, -0.2) is 90.7 Å². The SMILES string of the molecule is CC(O)C(NC(=O)C(Cc1cnc[nH]1)NC(=O)C(N)Cc1ccc(O)cc1)C(=O)N1CCCC1C(=O)O. The molecule has 13 nitrogen and oxygen atoms in total. The Morgan fingerprint density at radius 3 is 2.46 bits per heavy atom. The smallest absolute Gasteiger partial charge is 0.326 e. The first kappa shape index (κ1) is 27.6. The van der Waals surface area contributed by atoms with Gasteiger partial charge in [-0.15, -0.1) is 0 Å². The van der Waals surface area contributed by atoms with Gasteiger partial charge in [0.2, 0.25) is 17.7 Å². The van der Waals surface area contributed by atoms with Gasteiger partial charge in [0, 0.05) is 24.9 Å². The van der Waals surface area contributed by atoms with Crippen molar-refractivity contribution >= 4 is 23.7 Å². The molecule has 0 saturated carbocycles. The minimum atomic E-state index is -1.42. The summed E-state index contributed by atoms with van der Waals surface area (Å²) in [6.45, 7) is 1.50. The molecule has 1 aromatic carbocycles. The Labute approximate surface area is 213 Å². The van der Waals surface area contributed by atoms with Crippen LogP contribution in [0.25, 0.3) is 0 Å². The summed E-state index contributed by atoms with van der Waals surface area (Å²) in [7, 11) is 0. The minimum absolute atomic E-state index is 0.00825. The third-order valence-corrected chi connectivity index (χ3v) is 6.21. The number of carboxylic acid groups (broad SMARTS) is 1. The Balaban J connectivity index is 1.73. The van der Waals surface area contributed by atoms with Gasteiger partial charge in [-0.2, -0.15) is 0 Å². The van der Waals surface area contributed by atoms with Crippen LogP contribution in [0, 0.1) is 0 Å². The lowest BCUT2D eigenvalue weighted by Gasteiger charge is -2.30. The van der Waals surface area contributed by atoms with Gasteiger partial charge >= 0.3 is 5.97 Å². The van der Waals surface area contributed by atoms with Crippen LogP contribution in [0.4, 0.5) is 0 Å². The van der Waals surface area contributed by atoms with Gasteiger partial charge in [0.1, 0.15) is 23.9 Å². The highest BCUT2D eigenvalue weighted by Gasteiger charge is 2.40. The molecule has 37 heavy (non-hydrogen) atoms. The normalized spacial score (nSPS) is 18.5. The van der Waals surface area contributed by atoms with Crippen molar-refractivity contribution in [3.63, 3.8) is 0 Å². The van der Waals surface area contributed by atoms with Crippen molar-refractivity contribution in [1.29, 1.82) is 0 Å². The number of likely N-dealkylation sites (tertiary alicyclic amines) is 1. The maximum absolute atomic E-state index is 13.2. The number of hydrogen-bond donors (Lipinski definition) is 7. The molecular weight excluding hydrogens is 484 g/mol. The van der Waals surface area contributed by atoms with E-state index in [1.807, 2.05) is 0 Å². The highest BCUT2D eigenvalue weighted by atomic mass is 16.4. The number of carbonyl (C=O) groups excluding carboxylic acids is 3. The quantitative estimate of drug-likeness (QED) is 0.188. The summed E-state index contributed by atoms with van der Waals surface area (Å²) in [5, 5.41) is 34.2. The summed E-state index contributed by atoms with van der Waals surface area (Å²) in [4.78, 5) is 58.6. The molecule has 1 aliphatic rings. The first-order valence-electron chi connectivity index (χ1n) is 11.9. The lowest BCUT2D eigenvalue weighted by Crippen LogP contribution is -2.60. The van der Waals surface area contributed by atoms with Crippen molar-refractivity contribution in [3.05, 3.63) is 48.0 Å². The third-order valence-electron chi connectivity index (χ3n) is 6.21. The molecule has 2 heterocycles. The number of aliphatic carboxylic acids is 1. The fourth-order valence-corrected chi connectivity index (χ4v) is 4.19. The molecule has 0 radical (unpaired) electrons. The number of imidazole rings is 1. The van der Waals surface area contributed by atoms with Gasteiger partial charge < -0.3 is 41.6 Å². The first-order chi connectivity index (χ1) is 17.6. The fourth-order valence-electron chi connectivity index (χ4n) is 4.19. The molecule has 0 spiro atoms. The predicted octanol–water partition coefficient (Wildman–Crippen LogP) is -1.35. The number of nitrogens with two attached hydrogens (primary N) is 1. The van der Waals surface area contributed by atoms with Crippen LogP contribution in [0.2, 0.25) is 0 Å². The molecule has 0 aliphatic carbocycles. The zero-order valence-electron chi connectivity index (χ0n) is 20.3. The Hall–Kier alpha value is -3.97. The van der Waals surface area contributed by atoms with Crippen molar-refractivity contribution in [2.75, 3.05) is 6.54 Å². The van der Waals surface area contributed by atoms with Crippen LogP contribution >= 0.6 is 0 Å². The standard InChI is InChI=1S/C24H32N6O7/c1-13(31)20(23(35)30-8-2-3-19(30)24(36)37)29-22(34)18(10-15-11-26-12-27-15)28-21(33)17(25)9-14-4-6-16(32)7-5-14/h4-7,11-13,17-20,31-32H,2-3,8-10,25H2,1H3,(H,26,27)(H,28,33)(H,29,34)(H,36,37). The lowest BCUT2D eigenvalue weighted by atomic mass is 10.0. The highest BCUT2D eigenvalue weighted by molar-refractivity contribution is 5.94. The van der Waals surface area contributed by atoms with Gasteiger partial charge in [-0.1, -0.05) is 12.1 Å². The molecule has 200 valence electrons. The van der Waals surface area contributed by atoms with Gasteiger partial charge in [0.05, 0.1) is 18.5 Å². The van der Waals surface area contributed by atoms with Crippen molar-refractivity contribution in [2.24, 2.45) is 5.73 Å². The molecule has 2 aromatic rings. The number of rotatable bonds is 11. The van der Waals surface area contributed by atoms with Gasteiger partial charge in [0.15, 0.2) is 0 Å². The number of aliphatic hydroxyl groups is 1. The molecule has 1 fully saturated rings. The minimum Gasteiger partial charge on any atom is -0.508 e. The topological polar surface area (TPSA) is 211 Å². The van der Waals surface area contributed by atoms with E-state index in [1.165, 1.54) is 31.6 Å². The number of carboxylic acids is 1. The zero-order chi connectivity index (χ0) is 27.1. The summed E-state index contributed by atoms with van der Waals surface area (Å²) in [5.41, 5.74) is 7.28. The first-order valence-corrected chi connectivity index (χ1v) is 11.9. The predicted molar refractivity (Wildman–Crippen MR) is 130 cm³/mol. The number of hydrogen-bond acceptors (Lipinski definition) is 8. The van der Waals surface area contributed by atoms with E-state index in [1.54, 1.807) is 12.1 Å². The largest absolute Gasteiger partial charge is 0.508 e. The van der Waals surface area contributed by atoms with Crippen molar-refractivity contribution in [1.82, 2.24) is 25.5 Å². The maximum atomic E-state index is 13.2. The maximum Gasteiger partial charge on any atom is 0.326 e. The monoisotopic (exact) mass is 516 g/mol. The van der Waals surface area contributed by atoms with E-state index in [2.05, 4.69) is 20.6 Å². The van der Waals surface area contributed by atoms with E-state index in [9.17, 15) is 34.5 Å². The lowest BCUT2D eigenvalue weighted by molar-refractivity contribution is -0.150. The van der Waals surface area contributed by atoms with E-state index in [-0.39, 0.29) is 31.6 Å². The number of carbonyl (C=O) groups is 4. The van der Waals surface area contributed by atoms with Crippen molar-refractivity contribution < 1.29 is 34.5 Å². The van der Waals surface area contributed by atoms with Gasteiger partial charge in [0.25, 0.3) is 0 Å². The molecule has 5 unspecified atom stereocenters. The van der Waals surface area contributed by atoms with Crippen LogP contribution in [0.3, 0.4) is 0 Å². The number of phenols is 1. The number of amides is 3. The van der Waals surface area contributed by atoms with E-state index >= 15 is 0 Å². The van der Waals surface area contributed by atoms with E-state index in [0.717, 1.165) is 4.90 Å². The number of aliphatic hydroxyl groups excluding tert-OH is 1.